The van der Waals surface area contributed by atoms with Crippen molar-refractivity contribution < 1.29 is 19.0 Å². The van der Waals surface area contributed by atoms with Crippen LogP contribution < -0.4 is 5.73 Å². The standard InChI is InChI=1S/C11H17NO4S/c1-14-5-7(6-15-2)9-4-8(10(12)17-9)11(13)16-3/h4,7H,5-6,12H2,1-3H3. The minimum Gasteiger partial charge on any atom is -0.465 e. The Morgan fingerprint density at radius 1 is 1.35 bits per heavy atom. The van der Waals surface area contributed by atoms with E-state index in [0.717, 1.165) is 4.88 Å². The Hall–Kier alpha value is -1.11. The molecule has 1 rings (SSSR count). The predicted molar refractivity (Wildman–Crippen MR) is 66.6 cm³/mol. The zero-order valence-electron chi connectivity index (χ0n) is 10.2. The summed E-state index contributed by atoms with van der Waals surface area (Å²) in [6.45, 7) is 1.04. The van der Waals surface area contributed by atoms with Gasteiger partial charge in [0, 0.05) is 25.0 Å². The fourth-order valence-electron chi connectivity index (χ4n) is 1.51. The van der Waals surface area contributed by atoms with Crippen molar-refractivity contribution in [2.45, 2.75) is 5.92 Å². The van der Waals surface area contributed by atoms with Crippen molar-refractivity contribution >= 4 is 22.3 Å². The maximum absolute atomic E-state index is 11.4. The van der Waals surface area contributed by atoms with Crippen molar-refractivity contribution in [1.82, 2.24) is 0 Å². The van der Waals surface area contributed by atoms with Crippen molar-refractivity contribution in [2.24, 2.45) is 0 Å². The van der Waals surface area contributed by atoms with Gasteiger partial charge >= 0.3 is 5.97 Å². The number of hydrogen-bond donors (Lipinski definition) is 1. The van der Waals surface area contributed by atoms with E-state index in [1.165, 1.54) is 18.4 Å². The van der Waals surface area contributed by atoms with Gasteiger partial charge in [-0.25, -0.2) is 4.79 Å². The summed E-state index contributed by atoms with van der Waals surface area (Å²) >= 11 is 1.36. The lowest BCUT2D eigenvalue weighted by Crippen LogP contribution is -2.11. The van der Waals surface area contributed by atoms with E-state index >= 15 is 0 Å². The van der Waals surface area contributed by atoms with Crippen LogP contribution >= 0.6 is 11.3 Å². The number of rotatable bonds is 6. The lowest BCUT2D eigenvalue weighted by atomic mass is 10.1. The molecule has 1 aromatic rings. The minimum atomic E-state index is -0.418. The first kappa shape index (κ1) is 14.0. The second-order valence-electron chi connectivity index (χ2n) is 3.53. The summed E-state index contributed by atoms with van der Waals surface area (Å²) in [5.74, 6) is -0.339. The second-order valence-corrected chi connectivity index (χ2v) is 4.64. The number of carbonyl (C=O) groups excluding carboxylic acids is 1. The number of nitrogens with two attached hydrogens (primary N) is 1. The molecular weight excluding hydrogens is 242 g/mol. The molecule has 0 bridgehead atoms. The maximum Gasteiger partial charge on any atom is 0.340 e. The third-order valence-electron chi connectivity index (χ3n) is 2.32. The van der Waals surface area contributed by atoms with Gasteiger partial charge in [-0.1, -0.05) is 0 Å². The number of nitrogen functional groups attached to an aromatic ring is 1. The van der Waals surface area contributed by atoms with Crippen LogP contribution in [0.1, 0.15) is 21.2 Å². The molecule has 0 atom stereocenters. The highest BCUT2D eigenvalue weighted by Crippen LogP contribution is 2.31. The molecule has 1 heterocycles. The van der Waals surface area contributed by atoms with E-state index in [1.54, 1.807) is 20.3 Å². The van der Waals surface area contributed by atoms with Gasteiger partial charge in [-0.2, -0.15) is 0 Å². The number of carbonyl (C=O) groups is 1. The first-order valence-electron chi connectivity index (χ1n) is 5.09. The Balaban J connectivity index is 2.93. The molecule has 0 radical (unpaired) electrons. The van der Waals surface area contributed by atoms with Crippen LogP contribution in [0.3, 0.4) is 0 Å². The average molecular weight is 259 g/mol. The first-order chi connectivity index (χ1) is 8.13. The van der Waals surface area contributed by atoms with Crippen LogP contribution in [0, 0.1) is 0 Å². The molecule has 2 N–H and O–H groups in total. The molecule has 0 aliphatic rings. The van der Waals surface area contributed by atoms with Gasteiger partial charge in [0.05, 0.1) is 25.9 Å². The number of hydrogen-bond acceptors (Lipinski definition) is 6. The van der Waals surface area contributed by atoms with E-state index in [1.807, 2.05) is 0 Å². The molecule has 0 unspecified atom stereocenters. The molecule has 96 valence electrons. The van der Waals surface area contributed by atoms with Crippen molar-refractivity contribution in [2.75, 3.05) is 40.3 Å². The molecular formula is C11H17NO4S. The van der Waals surface area contributed by atoms with Crippen LogP contribution in [-0.2, 0) is 14.2 Å². The summed E-state index contributed by atoms with van der Waals surface area (Å²) in [5.41, 5.74) is 6.19. The highest BCUT2D eigenvalue weighted by atomic mass is 32.1. The quantitative estimate of drug-likeness (QED) is 0.784. The third-order valence-corrected chi connectivity index (χ3v) is 3.45. The largest absolute Gasteiger partial charge is 0.465 e. The van der Waals surface area contributed by atoms with Gasteiger partial charge in [-0.3, -0.25) is 0 Å². The van der Waals surface area contributed by atoms with Gasteiger partial charge in [0.25, 0.3) is 0 Å². The molecule has 0 saturated heterocycles. The van der Waals surface area contributed by atoms with Crippen LogP contribution in [0.5, 0.6) is 0 Å². The lowest BCUT2D eigenvalue weighted by molar-refractivity contribution is 0.0602. The van der Waals surface area contributed by atoms with Crippen LogP contribution in [0.4, 0.5) is 5.00 Å². The Bertz CT molecular complexity index is 372. The molecule has 0 spiro atoms. The molecule has 0 saturated carbocycles. The highest BCUT2D eigenvalue weighted by Gasteiger charge is 2.20. The molecule has 0 aromatic carbocycles. The Kier molecular flexibility index (Phi) is 5.40. The average Bonchev–Trinajstić information content (AvgIpc) is 2.70. The summed E-state index contributed by atoms with van der Waals surface area (Å²) in [6.07, 6.45) is 0. The van der Waals surface area contributed by atoms with Gasteiger partial charge < -0.3 is 19.9 Å². The second kappa shape index (κ2) is 6.58. The summed E-state index contributed by atoms with van der Waals surface area (Å²) in [4.78, 5) is 12.4. The maximum atomic E-state index is 11.4. The van der Waals surface area contributed by atoms with Gasteiger partial charge in [0.1, 0.15) is 5.00 Å². The number of ether oxygens (including phenoxy) is 3. The summed E-state index contributed by atoms with van der Waals surface area (Å²) in [7, 11) is 4.59. The van der Waals surface area contributed by atoms with Crippen molar-refractivity contribution in [1.29, 1.82) is 0 Å². The SMILES string of the molecule is COCC(COC)c1cc(C(=O)OC)c(N)s1. The molecule has 0 fully saturated rings. The van der Waals surface area contributed by atoms with Crippen molar-refractivity contribution in [3.63, 3.8) is 0 Å². The van der Waals surface area contributed by atoms with E-state index in [9.17, 15) is 4.79 Å². The molecule has 1 aromatic heterocycles. The van der Waals surface area contributed by atoms with E-state index in [2.05, 4.69) is 4.74 Å². The Morgan fingerprint density at radius 2 is 1.94 bits per heavy atom. The van der Waals surface area contributed by atoms with E-state index in [-0.39, 0.29) is 5.92 Å². The molecule has 0 aliphatic carbocycles. The molecule has 6 heteroatoms. The van der Waals surface area contributed by atoms with Crippen LogP contribution in [0.15, 0.2) is 6.07 Å². The summed E-state index contributed by atoms with van der Waals surface area (Å²) in [6, 6.07) is 1.74. The number of anilines is 1. The zero-order chi connectivity index (χ0) is 12.8. The monoisotopic (exact) mass is 259 g/mol. The fourth-order valence-corrected chi connectivity index (χ4v) is 2.50. The topological polar surface area (TPSA) is 70.8 Å². The first-order valence-corrected chi connectivity index (χ1v) is 5.91. The van der Waals surface area contributed by atoms with E-state index in [0.29, 0.717) is 23.8 Å². The van der Waals surface area contributed by atoms with Crippen LogP contribution in [0.2, 0.25) is 0 Å². The number of esters is 1. The van der Waals surface area contributed by atoms with Crippen molar-refractivity contribution in [3.8, 4) is 0 Å². The smallest absolute Gasteiger partial charge is 0.340 e. The van der Waals surface area contributed by atoms with Gasteiger partial charge in [-0.05, 0) is 6.07 Å². The Morgan fingerprint density at radius 3 is 2.41 bits per heavy atom. The molecule has 0 amide bonds. The number of methoxy groups -OCH3 is 3. The van der Waals surface area contributed by atoms with E-state index < -0.39 is 5.97 Å². The zero-order valence-corrected chi connectivity index (χ0v) is 11.0. The van der Waals surface area contributed by atoms with Crippen LogP contribution in [0.25, 0.3) is 0 Å². The third kappa shape index (κ3) is 3.42. The minimum absolute atomic E-state index is 0.0794. The van der Waals surface area contributed by atoms with Gasteiger partial charge in [-0.15, -0.1) is 11.3 Å². The van der Waals surface area contributed by atoms with Gasteiger partial charge in [0.15, 0.2) is 0 Å². The number of thiophene rings is 1. The molecule has 5 nitrogen and oxygen atoms in total. The summed E-state index contributed by atoms with van der Waals surface area (Å²) < 4.78 is 14.9. The fraction of sp³-hybridized carbons (Fsp3) is 0.545. The summed E-state index contributed by atoms with van der Waals surface area (Å²) in [5, 5.41) is 0.462. The predicted octanol–water partition coefficient (Wildman–Crippen LogP) is 1.49. The highest BCUT2D eigenvalue weighted by molar-refractivity contribution is 7.16. The Labute approximate surface area is 104 Å². The van der Waals surface area contributed by atoms with Crippen molar-refractivity contribution in [3.05, 3.63) is 16.5 Å². The normalized spacial score (nSPS) is 10.8. The van der Waals surface area contributed by atoms with E-state index in [4.69, 9.17) is 15.2 Å². The lowest BCUT2D eigenvalue weighted by Gasteiger charge is -2.12. The molecule has 17 heavy (non-hydrogen) atoms. The van der Waals surface area contributed by atoms with Gasteiger partial charge in [0.2, 0.25) is 0 Å². The molecule has 0 aliphatic heterocycles. The van der Waals surface area contributed by atoms with Crippen LogP contribution in [-0.4, -0.2) is 40.5 Å².